The van der Waals surface area contributed by atoms with Crippen LogP contribution >= 0.6 is 0 Å². The molecule has 0 aliphatic carbocycles. The quantitative estimate of drug-likeness (QED) is 0.0426. The summed E-state index contributed by atoms with van der Waals surface area (Å²) in [5.41, 5.74) is 33.0. The maximum atomic E-state index is 10.0. The number of nitrogens with zero attached hydrogens (tertiary/aromatic N) is 11. The fourth-order valence-electron chi connectivity index (χ4n) is 19.6. The van der Waals surface area contributed by atoms with E-state index in [4.69, 9.17) is 20.3 Å². The van der Waals surface area contributed by atoms with Gasteiger partial charge >= 0.3 is 0 Å². The SMILES string of the molecule is CC(=O)C=C(C)O.CC(=O)C=C(C)O.CC(C)(C)c1cc2n(n1)C[n+]1ccc3ccccc3c1-2.CCCCCCCCc1ccc2c(c1)C[n+]1ccc3ccccc3c1-2.Cc1[c-]c(-c2ccc3ccc(C)cc3n2)cc(C)c1.Cc1cc2ccccc2[n+]2c1-c1ccccc1C2.Cc1cc2n(n1)C[n+]1ccccc1-2.[Ir].[Pt].[c-]1ccccc1-c1nccc2ccccc12.c1ccc2c(c1)C[n+]1ccc3ccccc3c1-2. The van der Waals surface area contributed by atoms with Gasteiger partial charge in [0, 0.05) is 129 Å². The second-order valence-electron chi connectivity index (χ2n) is 38.4. The second-order valence-corrected chi connectivity index (χ2v) is 38.4. The van der Waals surface area contributed by atoms with Crippen LogP contribution in [0.25, 0.3) is 144 Å². The number of allylic oxidation sites excluding steroid dienone is 4. The standard InChI is InChI=1S/C24H28N.C18H16N.C17H18N3.C17H14N.C16H12N.C15H10N.C10H10N3.2C5H8O2.Ir.Pt/c1-2-3-4-5-6-7-10-19-13-14-23-21(17-19)18-25-16-15-20-11-8-9-12-22(20)24(23)25;1-12-4-5-15-6-7-17(19-18(15)11-12)16-9-13(2)8-14(3)10-16;1-17(2,3)15-10-14-16-13-7-5-4-6-12(13)8-9-19(16)11-20(14)18-15;1-12-10-13-6-3-5-9-16(13)18-11-14-7-2-4-8-15(14)17(12)18;1-3-7-14-12(5-1)9-10-17-11-13-6-2-4-8-15(13)16(14)17;1-2-7-13(8-3-1)15-14-9-5-4-6-12(14)10-11-16-15;1-8-6-10-9-4-2-3-5-12(9)7-13(10)11-8;2*1-4(6)3-5(2)7;;/h8-9,11-17H,2-7,10,18H2,1H3;4-9,11H,1-3H3;4-10H,11H2,1-3H3;2-10H,11H2,1H3;1-10H,11H2;1-7,9-11H;2-6H,7H2,1H3;2*3,6H,1-2H3;;/q+1;-1;3*+1;-1;+1;;;;. The van der Waals surface area contributed by atoms with Crippen molar-refractivity contribution in [2.75, 3.05) is 0 Å². The van der Waals surface area contributed by atoms with Crippen molar-refractivity contribution in [2.24, 2.45) is 0 Å². The van der Waals surface area contributed by atoms with Gasteiger partial charge < -0.3 is 15.2 Å². The molecule has 20 aromatic rings. The molecule has 9 aromatic heterocycles. The average molecular weight is 2260 g/mol. The number of carbonyl (C=O) groups is 2. The molecule has 0 saturated heterocycles. The number of pyridine rings is 7. The van der Waals surface area contributed by atoms with Crippen LogP contribution in [0.15, 0.2) is 370 Å². The van der Waals surface area contributed by atoms with Crippen molar-refractivity contribution in [1.82, 2.24) is 29.5 Å². The normalized spacial score (nSPS) is 11.9. The molecule has 727 valence electrons. The minimum Gasteiger partial charge on any atom is -0.512 e. The topological polar surface area (TPSA) is 155 Å². The third-order valence-corrected chi connectivity index (χ3v) is 26.1. The Morgan fingerprint density at radius 3 is 1.60 bits per heavy atom. The Balaban J connectivity index is 0.000000124. The molecular weight excluding hydrogens is 2130 g/mol. The number of aromatic nitrogens is 11. The van der Waals surface area contributed by atoms with Crippen LogP contribution in [0.2, 0.25) is 0 Å². The molecule has 14 heterocycles. The summed E-state index contributed by atoms with van der Waals surface area (Å²) < 4.78 is 15.8. The molecule has 25 rings (SSSR count). The van der Waals surface area contributed by atoms with E-state index in [1.165, 1.54) is 240 Å². The minimum absolute atomic E-state index is 0. The van der Waals surface area contributed by atoms with Gasteiger partial charge in [-0.3, -0.25) is 14.6 Å². The molecule has 0 unspecified atom stereocenters. The van der Waals surface area contributed by atoms with Gasteiger partial charge in [0.25, 0.3) is 0 Å². The number of ketones is 2. The Hall–Kier alpha value is -14.8. The van der Waals surface area contributed by atoms with Gasteiger partial charge in [-0.05, 0) is 201 Å². The molecule has 0 amide bonds. The van der Waals surface area contributed by atoms with E-state index < -0.39 is 0 Å². The van der Waals surface area contributed by atoms with Crippen LogP contribution in [0.1, 0.15) is 150 Å². The van der Waals surface area contributed by atoms with Crippen LogP contribution < -0.4 is 22.8 Å². The Morgan fingerprint density at radius 2 is 0.979 bits per heavy atom. The van der Waals surface area contributed by atoms with Gasteiger partial charge in [0.15, 0.2) is 56.0 Å². The average Bonchev–Trinajstić information content (AvgIpc) is 1.60. The molecular formula is C127H124IrN11O4Pt+3. The fourth-order valence-corrected chi connectivity index (χ4v) is 19.6. The number of hydrogen-bond donors (Lipinski definition) is 2. The van der Waals surface area contributed by atoms with E-state index in [0.29, 0.717) is 0 Å². The van der Waals surface area contributed by atoms with Crippen molar-refractivity contribution < 1.29 is 83.8 Å². The number of benzene rings is 11. The predicted molar refractivity (Wildman–Crippen MR) is 576 cm³/mol. The molecule has 2 N–H and O–H groups in total. The zero-order valence-corrected chi connectivity index (χ0v) is 89.0. The third-order valence-electron chi connectivity index (χ3n) is 26.1. The summed E-state index contributed by atoms with van der Waals surface area (Å²) in [6.45, 7) is 29.8. The van der Waals surface area contributed by atoms with Crippen molar-refractivity contribution in [1.29, 1.82) is 0 Å². The number of fused-ring (bicyclic) bond motifs is 25. The molecule has 11 aromatic carbocycles. The van der Waals surface area contributed by atoms with Gasteiger partial charge in [0.2, 0.25) is 47.3 Å². The van der Waals surface area contributed by atoms with Crippen molar-refractivity contribution in [3.05, 3.63) is 438 Å². The van der Waals surface area contributed by atoms with Crippen LogP contribution in [0.4, 0.5) is 0 Å². The van der Waals surface area contributed by atoms with Gasteiger partial charge in [-0.15, -0.1) is 70.8 Å². The van der Waals surface area contributed by atoms with Gasteiger partial charge in [-0.1, -0.05) is 231 Å². The first-order valence-electron chi connectivity index (χ1n) is 49.4. The van der Waals surface area contributed by atoms with E-state index >= 15 is 0 Å². The Kier molecular flexibility index (Phi) is 34.1. The van der Waals surface area contributed by atoms with Gasteiger partial charge in [0.05, 0.1) is 61.3 Å². The molecule has 15 nitrogen and oxygen atoms in total. The second kappa shape index (κ2) is 47.4. The third kappa shape index (κ3) is 24.6. The largest absolute Gasteiger partial charge is 0.512 e. The Bertz CT molecular complexity index is 8070. The predicted octanol–water partition coefficient (Wildman–Crippen LogP) is 27.2. The van der Waals surface area contributed by atoms with E-state index in [1.54, 1.807) is 0 Å². The smallest absolute Gasteiger partial charge is 0.243 e. The van der Waals surface area contributed by atoms with Crippen LogP contribution in [-0.2, 0) is 95.6 Å². The first kappa shape index (κ1) is 104. The van der Waals surface area contributed by atoms with Gasteiger partial charge in [0.1, 0.15) is 11.4 Å². The van der Waals surface area contributed by atoms with Crippen LogP contribution in [0.3, 0.4) is 0 Å². The number of carbonyl (C=O) groups excluding carboxylic acids is 2. The molecule has 0 fully saturated rings. The summed E-state index contributed by atoms with van der Waals surface area (Å²) in [5, 5.41) is 38.7. The minimum atomic E-state index is -0.125. The first-order chi connectivity index (χ1) is 68.8. The molecule has 17 heteroatoms. The van der Waals surface area contributed by atoms with Crippen molar-refractivity contribution in [3.8, 4) is 79.1 Å². The summed E-state index contributed by atoms with van der Waals surface area (Å²) in [5.74, 6) is -0.125. The summed E-state index contributed by atoms with van der Waals surface area (Å²) in [4.78, 5) is 29.2. The molecule has 0 bridgehead atoms. The van der Waals surface area contributed by atoms with E-state index in [1.807, 2.05) is 66.3 Å². The number of aliphatic hydroxyl groups excluding tert-OH is 2. The van der Waals surface area contributed by atoms with E-state index in [-0.39, 0.29) is 69.7 Å². The van der Waals surface area contributed by atoms with Crippen LogP contribution in [0.5, 0.6) is 0 Å². The molecule has 5 aliphatic heterocycles. The van der Waals surface area contributed by atoms with Crippen molar-refractivity contribution in [2.45, 2.75) is 173 Å². The number of rotatable bonds is 11. The Labute approximate surface area is 873 Å². The first-order valence-corrected chi connectivity index (χ1v) is 49.4. The monoisotopic (exact) mass is 2250 g/mol. The number of aryl methyl sites for hydroxylation is 6. The van der Waals surface area contributed by atoms with Crippen molar-refractivity contribution >= 4 is 76.5 Å². The Morgan fingerprint density at radius 1 is 0.438 bits per heavy atom. The number of hydrogen-bond acceptors (Lipinski definition) is 8. The summed E-state index contributed by atoms with van der Waals surface area (Å²) in [6, 6.07) is 118. The van der Waals surface area contributed by atoms with Crippen LogP contribution in [-0.4, -0.2) is 51.3 Å². The van der Waals surface area contributed by atoms with E-state index in [9.17, 15) is 9.59 Å². The number of unbranched alkanes of at least 4 members (excludes halogenated alkanes) is 5. The van der Waals surface area contributed by atoms with Gasteiger partial charge in [-0.25, -0.2) is 0 Å². The molecule has 0 atom stereocenters. The van der Waals surface area contributed by atoms with E-state index in [0.717, 1.165) is 78.0 Å². The molecule has 5 aliphatic rings. The van der Waals surface area contributed by atoms with Crippen molar-refractivity contribution in [3.63, 3.8) is 0 Å². The summed E-state index contributed by atoms with van der Waals surface area (Å²) >= 11 is 0. The zero-order valence-electron chi connectivity index (χ0n) is 84.3. The zero-order chi connectivity index (χ0) is 99.1. The van der Waals surface area contributed by atoms with Gasteiger partial charge in [-0.2, -0.15) is 42.4 Å². The molecule has 0 saturated carbocycles. The summed E-state index contributed by atoms with van der Waals surface area (Å²) in [6.07, 6.45) is 22.3. The molecule has 144 heavy (non-hydrogen) atoms. The maximum Gasteiger partial charge on any atom is 0.243 e. The number of para-hydroxylation sites is 1. The maximum absolute atomic E-state index is 10.0. The summed E-state index contributed by atoms with van der Waals surface area (Å²) in [7, 11) is 0. The van der Waals surface area contributed by atoms with Crippen LogP contribution in [0, 0.1) is 46.8 Å². The molecule has 0 spiro atoms. The molecule has 1 radical (unpaired) electrons. The van der Waals surface area contributed by atoms with E-state index in [2.05, 4.69) is 397 Å². The number of aliphatic hydroxyl groups is 2. The fraction of sp³-hybridized carbons (Fsp3) is 0.205.